The average Bonchev–Trinajstić information content (AvgIpc) is 2.48. The number of methoxy groups -OCH3 is 1. The molecule has 0 aliphatic carbocycles. The normalized spacial score (nSPS) is 13.9. The van der Waals surface area contributed by atoms with Gasteiger partial charge in [-0.15, -0.1) is 0 Å². The Kier molecular flexibility index (Phi) is 12.8. The molecule has 0 amide bonds. The molecule has 1 atom stereocenters. The minimum atomic E-state index is -0.709. The van der Waals surface area contributed by atoms with E-state index in [2.05, 4.69) is 6.07 Å². The zero-order valence-corrected chi connectivity index (χ0v) is 12.7. The van der Waals surface area contributed by atoms with E-state index in [1.807, 2.05) is 6.92 Å². The number of nitrogens with zero attached hydrogens (tertiary/aromatic N) is 1. The molecule has 0 fully saturated rings. The van der Waals surface area contributed by atoms with Gasteiger partial charge >= 0.3 is 0 Å². The van der Waals surface area contributed by atoms with Gasteiger partial charge in [0, 0.05) is 13.7 Å². The lowest BCUT2D eigenvalue weighted by atomic mass is 9.94. The van der Waals surface area contributed by atoms with Crippen LogP contribution >= 0.6 is 0 Å². The van der Waals surface area contributed by atoms with Crippen molar-refractivity contribution in [2.75, 3.05) is 53.4 Å². The Hall–Kier alpha value is -0.710. The van der Waals surface area contributed by atoms with E-state index in [-0.39, 0.29) is 0 Å². The molecule has 1 unspecified atom stereocenters. The molecule has 0 spiro atoms. The van der Waals surface area contributed by atoms with Crippen molar-refractivity contribution in [3.8, 4) is 6.07 Å². The van der Waals surface area contributed by atoms with E-state index in [1.54, 1.807) is 7.11 Å². The van der Waals surface area contributed by atoms with E-state index in [4.69, 9.17) is 29.9 Å². The maximum absolute atomic E-state index is 8.91. The van der Waals surface area contributed by atoms with Crippen molar-refractivity contribution in [2.24, 2.45) is 5.73 Å². The Morgan fingerprint density at radius 1 is 0.950 bits per heavy atom. The van der Waals surface area contributed by atoms with Crippen molar-refractivity contribution in [2.45, 2.75) is 31.7 Å². The molecule has 0 radical (unpaired) electrons. The highest BCUT2D eigenvalue weighted by Gasteiger charge is 2.20. The molecule has 20 heavy (non-hydrogen) atoms. The summed E-state index contributed by atoms with van der Waals surface area (Å²) in [4.78, 5) is 0. The molecular weight excluding hydrogens is 260 g/mol. The quantitative estimate of drug-likeness (QED) is 0.482. The molecule has 0 heterocycles. The van der Waals surface area contributed by atoms with Gasteiger partial charge in [0.1, 0.15) is 5.54 Å². The average molecular weight is 288 g/mol. The molecule has 0 rings (SSSR count). The van der Waals surface area contributed by atoms with Crippen LogP contribution in [-0.2, 0) is 18.9 Å². The topological polar surface area (TPSA) is 86.7 Å². The van der Waals surface area contributed by atoms with Crippen LogP contribution in [0.3, 0.4) is 0 Å². The molecule has 0 aromatic heterocycles. The molecule has 0 bridgehead atoms. The summed E-state index contributed by atoms with van der Waals surface area (Å²) in [6, 6.07) is 2.14. The molecular formula is C14H28N2O4. The zero-order chi connectivity index (χ0) is 15.1. The maximum atomic E-state index is 8.91. The first-order valence-electron chi connectivity index (χ1n) is 7.11. The number of nitrogens with two attached hydrogens (primary N) is 1. The second kappa shape index (κ2) is 13.3. The standard InChI is InChI=1S/C14H28N2O4/c1-3-14(16,13-15)5-4-6-18-9-10-20-12-11-19-8-7-17-2/h3-12,16H2,1-2H3. The van der Waals surface area contributed by atoms with Crippen LogP contribution in [0.15, 0.2) is 0 Å². The molecule has 0 aliphatic rings. The highest BCUT2D eigenvalue weighted by atomic mass is 16.6. The number of hydrogen-bond donors (Lipinski definition) is 1. The lowest BCUT2D eigenvalue weighted by Gasteiger charge is -2.18. The van der Waals surface area contributed by atoms with Crippen molar-refractivity contribution in [1.82, 2.24) is 0 Å². The van der Waals surface area contributed by atoms with Crippen LogP contribution < -0.4 is 5.73 Å². The minimum absolute atomic E-state index is 0.549. The highest BCUT2D eigenvalue weighted by Crippen LogP contribution is 2.12. The van der Waals surface area contributed by atoms with Crippen LogP contribution in [0.5, 0.6) is 0 Å². The van der Waals surface area contributed by atoms with Crippen molar-refractivity contribution in [1.29, 1.82) is 5.26 Å². The molecule has 0 aliphatic heterocycles. The van der Waals surface area contributed by atoms with Gasteiger partial charge in [-0.25, -0.2) is 0 Å². The molecule has 0 aromatic rings. The SMILES string of the molecule is CCC(N)(C#N)CCCOCCOCCOCCOC. The molecule has 6 heteroatoms. The van der Waals surface area contributed by atoms with Gasteiger partial charge in [-0.1, -0.05) is 6.92 Å². The van der Waals surface area contributed by atoms with Gasteiger partial charge in [-0.2, -0.15) is 5.26 Å². The monoisotopic (exact) mass is 288 g/mol. The Balaban J connectivity index is 3.20. The molecule has 0 aromatic carbocycles. The Labute approximate surface area is 122 Å². The number of ether oxygens (including phenoxy) is 4. The maximum Gasteiger partial charge on any atom is 0.104 e. The molecule has 6 nitrogen and oxygen atoms in total. The van der Waals surface area contributed by atoms with Gasteiger partial charge in [-0.3, -0.25) is 0 Å². The van der Waals surface area contributed by atoms with Gasteiger partial charge in [0.15, 0.2) is 0 Å². The summed E-state index contributed by atoms with van der Waals surface area (Å²) in [6.45, 7) is 5.95. The summed E-state index contributed by atoms with van der Waals surface area (Å²) in [5, 5.41) is 8.91. The predicted molar refractivity (Wildman–Crippen MR) is 76.4 cm³/mol. The summed E-state index contributed by atoms with van der Waals surface area (Å²) in [7, 11) is 1.64. The summed E-state index contributed by atoms with van der Waals surface area (Å²) in [5.74, 6) is 0. The van der Waals surface area contributed by atoms with Crippen LogP contribution in [0.25, 0.3) is 0 Å². The first-order chi connectivity index (χ1) is 9.68. The third-order valence-electron chi connectivity index (χ3n) is 2.94. The van der Waals surface area contributed by atoms with Crippen LogP contribution in [-0.4, -0.2) is 58.9 Å². The van der Waals surface area contributed by atoms with Crippen molar-refractivity contribution in [3.63, 3.8) is 0 Å². The zero-order valence-electron chi connectivity index (χ0n) is 12.7. The Morgan fingerprint density at radius 2 is 1.45 bits per heavy atom. The molecule has 2 N–H and O–H groups in total. The third kappa shape index (κ3) is 11.1. The summed E-state index contributed by atoms with van der Waals surface area (Å²) >= 11 is 0. The van der Waals surface area contributed by atoms with E-state index in [0.717, 1.165) is 6.42 Å². The van der Waals surface area contributed by atoms with E-state index in [0.29, 0.717) is 59.1 Å². The van der Waals surface area contributed by atoms with E-state index >= 15 is 0 Å². The van der Waals surface area contributed by atoms with Gasteiger partial charge in [0.25, 0.3) is 0 Å². The van der Waals surface area contributed by atoms with Crippen molar-refractivity contribution >= 4 is 0 Å². The summed E-state index contributed by atoms with van der Waals surface area (Å²) in [5.41, 5.74) is 5.15. The summed E-state index contributed by atoms with van der Waals surface area (Å²) in [6.07, 6.45) is 2.11. The second-order valence-corrected chi connectivity index (χ2v) is 4.55. The number of hydrogen-bond acceptors (Lipinski definition) is 6. The van der Waals surface area contributed by atoms with Crippen LogP contribution in [0, 0.1) is 11.3 Å². The van der Waals surface area contributed by atoms with Gasteiger partial charge in [0.05, 0.1) is 45.7 Å². The van der Waals surface area contributed by atoms with Crippen LogP contribution in [0.2, 0.25) is 0 Å². The Bertz CT molecular complexity index is 258. The van der Waals surface area contributed by atoms with Crippen LogP contribution in [0.1, 0.15) is 26.2 Å². The van der Waals surface area contributed by atoms with Gasteiger partial charge in [0.2, 0.25) is 0 Å². The molecule has 0 saturated carbocycles. The van der Waals surface area contributed by atoms with Crippen molar-refractivity contribution in [3.05, 3.63) is 0 Å². The first-order valence-corrected chi connectivity index (χ1v) is 7.11. The first kappa shape index (κ1) is 19.3. The van der Waals surface area contributed by atoms with Crippen LogP contribution in [0.4, 0.5) is 0 Å². The lowest BCUT2D eigenvalue weighted by Crippen LogP contribution is -2.37. The fourth-order valence-corrected chi connectivity index (χ4v) is 1.49. The van der Waals surface area contributed by atoms with E-state index in [9.17, 15) is 0 Å². The van der Waals surface area contributed by atoms with E-state index in [1.165, 1.54) is 0 Å². The minimum Gasteiger partial charge on any atom is -0.382 e. The van der Waals surface area contributed by atoms with Gasteiger partial charge < -0.3 is 24.7 Å². The smallest absolute Gasteiger partial charge is 0.104 e. The number of rotatable bonds is 14. The third-order valence-corrected chi connectivity index (χ3v) is 2.94. The summed E-state index contributed by atoms with van der Waals surface area (Å²) < 4.78 is 20.8. The predicted octanol–water partition coefficient (Wildman–Crippen LogP) is 1.09. The molecule has 0 saturated heterocycles. The second-order valence-electron chi connectivity index (χ2n) is 4.55. The van der Waals surface area contributed by atoms with Crippen molar-refractivity contribution < 1.29 is 18.9 Å². The fraction of sp³-hybridized carbons (Fsp3) is 0.929. The lowest BCUT2D eigenvalue weighted by molar-refractivity contribution is 0.00299. The van der Waals surface area contributed by atoms with Gasteiger partial charge in [-0.05, 0) is 19.3 Å². The molecule has 118 valence electrons. The number of nitriles is 1. The highest BCUT2D eigenvalue weighted by molar-refractivity contribution is 5.03. The van der Waals surface area contributed by atoms with E-state index < -0.39 is 5.54 Å². The largest absolute Gasteiger partial charge is 0.382 e. The Morgan fingerprint density at radius 3 is 1.90 bits per heavy atom. The fourth-order valence-electron chi connectivity index (χ4n) is 1.49.